The van der Waals surface area contributed by atoms with Crippen LogP contribution in [0.2, 0.25) is 0 Å². The number of esters is 1. The second-order valence-corrected chi connectivity index (χ2v) is 11.1. The summed E-state index contributed by atoms with van der Waals surface area (Å²) in [4.78, 5) is 29.8. The number of rotatable bonds is 9. The molecule has 0 spiro atoms. The van der Waals surface area contributed by atoms with E-state index in [4.69, 9.17) is 9.47 Å². The lowest BCUT2D eigenvalue weighted by Gasteiger charge is -2.16. The first-order chi connectivity index (χ1) is 16.8. The first kappa shape index (κ1) is 25.2. The van der Waals surface area contributed by atoms with Crippen LogP contribution in [-0.4, -0.2) is 62.6 Å². The maximum Gasteiger partial charge on any atom is 0.337 e. The number of methoxy groups -OCH3 is 1. The van der Waals surface area contributed by atoms with Gasteiger partial charge in [0, 0.05) is 31.8 Å². The summed E-state index contributed by atoms with van der Waals surface area (Å²) in [5.41, 5.74) is 1.50. The van der Waals surface area contributed by atoms with Crippen molar-refractivity contribution in [3.05, 3.63) is 58.4 Å². The summed E-state index contributed by atoms with van der Waals surface area (Å²) < 4.78 is 39.8. The van der Waals surface area contributed by atoms with E-state index >= 15 is 0 Å². The molecule has 3 aromatic rings. The highest BCUT2D eigenvalue weighted by Crippen LogP contribution is 2.30. The van der Waals surface area contributed by atoms with Gasteiger partial charge in [-0.1, -0.05) is 11.3 Å². The van der Waals surface area contributed by atoms with Crippen LogP contribution in [0.3, 0.4) is 0 Å². The van der Waals surface area contributed by atoms with E-state index in [1.807, 2.05) is 11.5 Å². The third-order valence-electron chi connectivity index (χ3n) is 5.80. The Morgan fingerprint density at radius 1 is 1.14 bits per heavy atom. The van der Waals surface area contributed by atoms with E-state index in [0.29, 0.717) is 30.1 Å². The van der Waals surface area contributed by atoms with Crippen molar-refractivity contribution >= 4 is 43.5 Å². The zero-order chi connectivity index (χ0) is 25.2. The monoisotopic (exact) mass is 517 g/mol. The number of thiazole rings is 1. The molecule has 0 radical (unpaired) electrons. The molecule has 1 fully saturated rings. The lowest BCUT2D eigenvalue weighted by atomic mass is 10.2. The number of benzene rings is 2. The Hall–Kier alpha value is -2.86. The van der Waals surface area contributed by atoms with Gasteiger partial charge >= 0.3 is 5.97 Å². The summed E-state index contributed by atoms with van der Waals surface area (Å²) >= 11 is 1.28. The molecule has 0 atom stereocenters. The average molecular weight is 518 g/mol. The Balaban J connectivity index is 1.67. The predicted octanol–water partition coefficient (Wildman–Crippen LogP) is 3.05. The highest BCUT2D eigenvalue weighted by Gasteiger charge is 2.35. The highest BCUT2D eigenvalue weighted by atomic mass is 32.2. The molecule has 0 unspecified atom stereocenters. The van der Waals surface area contributed by atoms with E-state index in [0.717, 1.165) is 23.1 Å². The molecule has 186 valence electrons. The second kappa shape index (κ2) is 10.4. The molecule has 0 saturated heterocycles. The van der Waals surface area contributed by atoms with Gasteiger partial charge in [0.25, 0.3) is 5.91 Å². The number of amides is 1. The maximum atomic E-state index is 13.0. The molecule has 1 heterocycles. The first-order valence-electron chi connectivity index (χ1n) is 11.2. The van der Waals surface area contributed by atoms with Crippen molar-refractivity contribution < 1.29 is 27.5 Å². The minimum Gasteiger partial charge on any atom is -0.465 e. The number of carbonyl (C=O) groups excluding carboxylic acids is 2. The minimum atomic E-state index is -3.59. The second-order valence-electron chi connectivity index (χ2n) is 8.10. The van der Waals surface area contributed by atoms with Crippen LogP contribution in [0.1, 0.15) is 40.5 Å². The third kappa shape index (κ3) is 5.37. The summed E-state index contributed by atoms with van der Waals surface area (Å²) in [5, 5.41) is 0. The summed E-state index contributed by atoms with van der Waals surface area (Å²) in [6.45, 7) is 3.37. The van der Waals surface area contributed by atoms with Crippen LogP contribution in [0, 0.1) is 0 Å². The quantitative estimate of drug-likeness (QED) is 0.319. The summed E-state index contributed by atoms with van der Waals surface area (Å²) in [5.74, 6) is -0.937. The summed E-state index contributed by atoms with van der Waals surface area (Å²) in [6.07, 6.45) is 1.73. The van der Waals surface area contributed by atoms with Crippen LogP contribution >= 0.6 is 11.3 Å². The van der Waals surface area contributed by atoms with Crippen molar-refractivity contribution in [2.75, 3.05) is 27.4 Å². The van der Waals surface area contributed by atoms with Crippen LogP contribution in [0.4, 0.5) is 0 Å². The fourth-order valence-corrected chi connectivity index (χ4v) is 6.15. The molecule has 0 N–H and O–H groups in total. The molecule has 11 heteroatoms. The van der Waals surface area contributed by atoms with Crippen molar-refractivity contribution in [2.24, 2.45) is 4.99 Å². The van der Waals surface area contributed by atoms with Crippen LogP contribution in [0.15, 0.2) is 52.4 Å². The van der Waals surface area contributed by atoms with Crippen molar-refractivity contribution in [1.82, 2.24) is 8.87 Å². The van der Waals surface area contributed by atoms with Gasteiger partial charge in [0.2, 0.25) is 10.0 Å². The molecule has 9 nitrogen and oxygen atoms in total. The van der Waals surface area contributed by atoms with E-state index in [9.17, 15) is 18.0 Å². The van der Waals surface area contributed by atoms with E-state index in [2.05, 4.69) is 4.99 Å². The van der Waals surface area contributed by atoms with Gasteiger partial charge in [0.15, 0.2) is 4.80 Å². The molecule has 1 aliphatic rings. The predicted molar refractivity (Wildman–Crippen MR) is 132 cm³/mol. The van der Waals surface area contributed by atoms with Gasteiger partial charge < -0.3 is 14.0 Å². The van der Waals surface area contributed by atoms with Gasteiger partial charge in [-0.05, 0) is 62.2 Å². The van der Waals surface area contributed by atoms with E-state index < -0.39 is 21.9 Å². The van der Waals surface area contributed by atoms with E-state index in [-0.39, 0.29) is 16.5 Å². The number of hydrogen-bond donors (Lipinski definition) is 0. The molecule has 4 rings (SSSR count). The zero-order valence-electron chi connectivity index (χ0n) is 19.8. The largest absolute Gasteiger partial charge is 0.465 e. The minimum absolute atomic E-state index is 0.0519. The van der Waals surface area contributed by atoms with Crippen LogP contribution in [-0.2, 0) is 26.0 Å². The Morgan fingerprint density at radius 3 is 2.46 bits per heavy atom. The van der Waals surface area contributed by atoms with Crippen LogP contribution < -0.4 is 4.80 Å². The Kier molecular flexibility index (Phi) is 7.50. The fraction of sp³-hybridized carbons (Fsp3) is 0.375. The zero-order valence-corrected chi connectivity index (χ0v) is 21.4. The normalized spacial score (nSPS) is 14.6. The van der Waals surface area contributed by atoms with Gasteiger partial charge in [-0.25, -0.2) is 13.2 Å². The number of ether oxygens (including phenoxy) is 2. The number of aromatic nitrogens is 1. The van der Waals surface area contributed by atoms with Crippen molar-refractivity contribution in [1.29, 1.82) is 0 Å². The first-order valence-corrected chi connectivity index (χ1v) is 13.5. The summed E-state index contributed by atoms with van der Waals surface area (Å²) in [6, 6.07) is 11.1. The van der Waals surface area contributed by atoms with E-state index in [1.54, 1.807) is 25.2 Å². The molecule has 1 amide bonds. The number of hydrogen-bond acceptors (Lipinski definition) is 7. The van der Waals surface area contributed by atoms with Crippen molar-refractivity contribution in [3.63, 3.8) is 0 Å². The van der Waals surface area contributed by atoms with E-state index in [1.165, 1.54) is 47.0 Å². The molecule has 1 aromatic heterocycles. The molecule has 1 aliphatic carbocycles. The maximum absolute atomic E-state index is 13.0. The van der Waals surface area contributed by atoms with Gasteiger partial charge in [-0.2, -0.15) is 9.30 Å². The number of fused-ring (bicyclic) bond motifs is 1. The lowest BCUT2D eigenvalue weighted by Crippen LogP contribution is -2.28. The smallest absolute Gasteiger partial charge is 0.337 e. The SMILES string of the molecule is CCOCCn1c(=NC(=O)c2ccc(S(=O)(=O)N(C)C3CC3)cc2)sc2cc(C(=O)OC)ccc21. The number of nitrogens with zero attached hydrogens (tertiary/aromatic N) is 3. The lowest BCUT2D eigenvalue weighted by molar-refractivity contribution is 0.0600. The molecule has 0 bridgehead atoms. The fourth-order valence-electron chi connectivity index (χ4n) is 3.64. The Bertz CT molecular complexity index is 1420. The van der Waals surface area contributed by atoms with Crippen LogP contribution in [0.25, 0.3) is 10.2 Å². The van der Waals surface area contributed by atoms with Gasteiger partial charge in [0.05, 0.1) is 34.4 Å². The molecule has 0 aliphatic heterocycles. The molecule has 2 aromatic carbocycles. The topological polar surface area (TPSA) is 107 Å². The van der Waals surface area contributed by atoms with Crippen LogP contribution in [0.5, 0.6) is 0 Å². The molecule has 35 heavy (non-hydrogen) atoms. The molecular formula is C24H27N3O6S2. The Morgan fingerprint density at radius 2 is 1.83 bits per heavy atom. The van der Waals surface area contributed by atoms with Gasteiger partial charge in [0.1, 0.15) is 0 Å². The number of sulfonamides is 1. The molecule has 1 saturated carbocycles. The highest BCUT2D eigenvalue weighted by molar-refractivity contribution is 7.89. The standard InChI is InChI=1S/C24H27N3O6S2/c1-4-33-14-13-27-20-12-7-17(23(29)32-3)15-21(20)34-24(27)25-22(28)16-5-10-19(11-6-16)35(30,31)26(2)18-8-9-18/h5-7,10-12,15,18H,4,8-9,13-14H2,1-3H3. The summed E-state index contributed by atoms with van der Waals surface area (Å²) in [7, 11) is -0.688. The van der Waals surface area contributed by atoms with Crippen molar-refractivity contribution in [3.8, 4) is 0 Å². The average Bonchev–Trinajstić information content (AvgIpc) is 3.66. The van der Waals surface area contributed by atoms with Gasteiger partial charge in [-0.3, -0.25) is 4.79 Å². The van der Waals surface area contributed by atoms with Crippen molar-refractivity contribution in [2.45, 2.75) is 37.2 Å². The van der Waals surface area contributed by atoms with Gasteiger partial charge in [-0.15, -0.1) is 0 Å². The number of carbonyl (C=O) groups is 2. The third-order valence-corrected chi connectivity index (χ3v) is 8.77. The molecular weight excluding hydrogens is 490 g/mol. The Labute approximate surface area is 207 Å².